The Morgan fingerprint density at radius 2 is 1.96 bits per heavy atom. The Hall–Kier alpha value is -1.63. The zero-order valence-electron chi connectivity index (χ0n) is 15.2. The number of guanidine groups is 1. The van der Waals surface area contributed by atoms with Crippen LogP contribution in [0.25, 0.3) is 0 Å². The maximum Gasteiger partial charge on any atom is 0.191 e. The van der Waals surface area contributed by atoms with Crippen molar-refractivity contribution in [3.63, 3.8) is 0 Å². The Kier molecular flexibility index (Phi) is 6.43. The lowest BCUT2D eigenvalue weighted by Crippen LogP contribution is -2.43. The van der Waals surface area contributed by atoms with Gasteiger partial charge in [-0.15, -0.1) is 0 Å². The monoisotopic (exact) mass is 369 g/mol. The molecular weight excluding hydrogens is 341 g/mol. The first-order valence-corrected chi connectivity index (χ1v) is 10.8. The first-order chi connectivity index (χ1) is 11.7. The van der Waals surface area contributed by atoms with Crippen LogP contribution in [0.15, 0.2) is 29.3 Å². The Morgan fingerprint density at radius 1 is 1.32 bits per heavy atom. The summed E-state index contributed by atoms with van der Waals surface area (Å²) in [6, 6.07) is 6.68. The zero-order chi connectivity index (χ0) is 18.5. The minimum atomic E-state index is -2.96. The Morgan fingerprint density at radius 3 is 2.48 bits per heavy atom. The van der Waals surface area contributed by atoms with E-state index in [0.717, 1.165) is 24.9 Å². The molecule has 5 nitrogen and oxygen atoms in total. The number of hydrogen-bond acceptors (Lipinski definition) is 3. The highest BCUT2D eigenvalue weighted by Gasteiger charge is 2.44. The molecule has 2 rings (SSSR count). The summed E-state index contributed by atoms with van der Waals surface area (Å²) in [6.45, 7) is 5.30. The largest absolute Gasteiger partial charge is 0.357 e. The third-order valence-electron chi connectivity index (χ3n) is 4.50. The first kappa shape index (κ1) is 19.7. The molecule has 1 saturated carbocycles. The molecule has 0 heterocycles. The molecule has 1 aliphatic rings. The van der Waals surface area contributed by atoms with E-state index >= 15 is 0 Å². The zero-order valence-corrected chi connectivity index (χ0v) is 16.0. The van der Waals surface area contributed by atoms with E-state index in [4.69, 9.17) is 0 Å². The quantitative estimate of drug-likeness (QED) is 0.545. The lowest BCUT2D eigenvalue weighted by Gasteiger charge is -2.19. The maximum atomic E-state index is 13.1. The topological polar surface area (TPSA) is 70.6 Å². The molecule has 2 N–H and O–H groups in total. The van der Waals surface area contributed by atoms with Crippen LogP contribution in [0.4, 0.5) is 4.39 Å². The Labute approximate surface area is 150 Å². The van der Waals surface area contributed by atoms with E-state index in [0.29, 0.717) is 18.9 Å². The molecule has 1 atom stereocenters. The van der Waals surface area contributed by atoms with Crippen LogP contribution in [0, 0.1) is 5.82 Å². The molecule has 1 aromatic carbocycles. The molecular formula is C18H28FN3O2S. The third-order valence-corrected chi connectivity index (χ3v) is 5.48. The van der Waals surface area contributed by atoms with Crippen LogP contribution in [-0.2, 0) is 15.3 Å². The molecule has 0 aromatic heterocycles. The van der Waals surface area contributed by atoms with Crippen molar-refractivity contribution in [3.8, 4) is 0 Å². The highest BCUT2D eigenvalue weighted by atomic mass is 32.2. The molecule has 0 amide bonds. The van der Waals surface area contributed by atoms with Gasteiger partial charge in [0.2, 0.25) is 0 Å². The summed E-state index contributed by atoms with van der Waals surface area (Å²) >= 11 is 0. The standard InChI is InChI=1S/C18H28FN3O2S/c1-4-20-17(22-14(2)9-12-25(3,23)24)21-13-18(10-11-18)15-5-7-16(19)8-6-15/h5-8,14H,4,9-13H2,1-3H3,(H2,20,21,22). The predicted molar refractivity (Wildman–Crippen MR) is 100 cm³/mol. The van der Waals surface area contributed by atoms with Gasteiger partial charge in [-0.25, -0.2) is 12.8 Å². The summed E-state index contributed by atoms with van der Waals surface area (Å²) in [5, 5.41) is 6.47. The van der Waals surface area contributed by atoms with Crippen molar-refractivity contribution in [1.29, 1.82) is 0 Å². The van der Waals surface area contributed by atoms with Crippen LogP contribution < -0.4 is 10.6 Å². The summed E-state index contributed by atoms with van der Waals surface area (Å²) in [5.74, 6) is 0.620. The SMILES string of the molecule is CCNC(=NCC1(c2ccc(F)cc2)CC1)NC(C)CCS(C)(=O)=O. The Balaban J connectivity index is 1.98. The van der Waals surface area contributed by atoms with Crippen LogP contribution in [0.1, 0.15) is 38.7 Å². The highest BCUT2D eigenvalue weighted by molar-refractivity contribution is 7.90. The van der Waals surface area contributed by atoms with Gasteiger partial charge in [0.25, 0.3) is 0 Å². The molecule has 25 heavy (non-hydrogen) atoms. The summed E-state index contributed by atoms with van der Waals surface area (Å²) < 4.78 is 35.7. The van der Waals surface area contributed by atoms with E-state index in [1.54, 1.807) is 0 Å². The van der Waals surface area contributed by atoms with Crippen LogP contribution in [-0.4, -0.2) is 45.5 Å². The molecule has 0 saturated heterocycles. The predicted octanol–water partition coefficient (Wildman–Crippen LogP) is 2.24. The van der Waals surface area contributed by atoms with Gasteiger partial charge in [-0.05, 0) is 50.8 Å². The minimum absolute atomic E-state index is 0.00600. The van der Waals surface area contributed by atoms with Crippen LogP contribution >= 0.6 is 0 Å². The number of halogens is 1. The fourth-order valence-corrected chi connectivity index (χ4v) is 3.52. The van der Waals surface area contributed by atoms with Gasteiger partial charge in [-0.3, -0.25) is 4.99 Å². The number of sulfone groups is 1. The van der Waals surface area contributed by atoms with Crippen molar-refractivity contribution in [2.75, 3.05) is 25.1 Å². The van der Waals surface area contributed by atoms with Gasteiger partial charge in [-0.2, -0.15) is 0 Å². The van der Waals surface area contributed by atoms with Crippen molar-refractivity contribution in [2.45, 2.75) is 44.6 Å². The molecule has 0 radical (unpaired) electrons. The third kappa shape index (κ3) is 6.30. The van der Waals surface area contributed by atoms with Gasteiger partial charge in [-0.1, -0.05) is 12.1 Å². The van der Waals surface area contributed by atoms with Crippen LogP contribution in [0.2, 0.25) is 0 Å². The van der Waals surface area contributed by atoms with Crippen molar-refractivity contribution in [3.05, 3.63) is 35.6 Å². The number of nitrogens with zero attached hydrogens (tertiary/aromatic N) is 1. The second-order valence-corrected chi connectivity index (χ2v) is 9.21. The fourth-order valence-electron chi connectivity index (χ4n) is 2.74. The molecule has 1 unspecified atom stereocenters. The summed E-state index contributed by atoms with van der Waals surface area (Å²) in [6.07, 6.45) is 3.88. The highest BCUT2D eigenvalue weighted by Crippen LogP contribution is 2.48. The molecule has 0 bridgehead atoms. The summed E-state index contributed by atoms with van der Waals surface area (Å²) in [7, 11) is -2.96. The molecule has 1 aliphatic carbocycles. The second kappa shape index (κ2) is 8.17. The summed E-state index contributed by atoms with van der Waals surface area (Å²) in [5.41, 5.74) is 1.13. The molecule has 0 spiro atoms. The first-order valence-electron chi connectivity index (χ1n) is 8.73. The number of aliphatic imine (C=N–C) groups is 1. The van der Waals surface area contributed by atoms with Crippen LogP contribution in [0.3, 0.4) is 0 Å². The van der Waals surface area contributed by atoms with Gasteiger partial charge < -0.3 is 10.6 Å². The van der Waals surface area contributed by atoms with Gasteiger partial charge in [0.15, 0.2) is 5.96 Å². The smallest absolute Gasteiger partial charge is 0.191 e. The van der Waals surface area contributed by atoms with E-state index in [1.165, 1.54) is 18.4 Å². The average molecular weight is 370 g/mol. The molecule has 1 fully saturated rings. The van der Waals surface area contributed by atoms with Crippen molar-refractivity contribution >= 4 is 15.8 Å². The Bertz CT molecular complexity index is 698. The van der Waals surface area contributed by atoms with Gasteiger partial charge in [0, 0.05) is 24.3 Å². The van der Waals surface area contributed by atoms with Crippen LogP contribution in [0.5, 0.6) is 0 Å². The molecule has 7 heteroatoms. The van der Waals surface area contributed by atoms with Gasteiger partial charge in [0.05, 0.1) is 12.3 Å². The molecule has 140 valence electrons. The van der Waals surface area contributed by atoms with Crippen molar-refractivity contribution in [1.82, 2.24) is 10.6 Å². The van der Waals surface area contributed by atoms with Crippen molar-refractivity contribution in [2.24, 2.45) is 4.99 Å². The fraction of sp³-hybridized carbons (Fsp3) is 0.611. The molecule has 1 aromatic rings. The van der Waals surface area contributed by atoms with E-state index in [1.807, 2.05) is 26.0 Å². The summed E-state index contributed by atoms with van der Waals surface area (Å²) in [4.78, 5) is 4.68. The molecule has 0 aliphatic heterocycles. The van der Waals surface area contributed by atoms with Crippen molar-refractivity contribution < 1.29 is 12.8 Å². The number of nitrogens with one attached hydrogen (secondary N) is 2. The van der Waals surface area contributed by atoms with E-state index in [2.05, 4.69) is 15.6 Å². The average Bonchev–Trinajstić information content (AvgIpc) is 3.32. The van der Waals surface area contributed by atoms with E-state index < -0.39 is 9.84 Å². The number of benzene rings is 1. The van der Waals surface area contributed by atoms with Gasteiger partial charge in [0.1, 0.15) is 15.7 Å². The van der Waals surface area contributed by atoms with E-state index in [9.17, 15) is 12.8 Å². The van der Waals surface area contributed by atoms with Gasteiger partial charge >= 0.3 is 0 Å². The normalized spacial score (nSPS) is 17.8. The minimum Gasteiger partial charge on any atom is -0.357 e. The number of rotatable bonds is 8. The van der Waals surface area contributed by atoms with E-state index in [-0.39, 0.29) is 23.0 Å². The number of hydrogen-bond donors (Lipinski definition) is 2. The maximum absolute atomic E-state index is 13.1. The lowest BCUT2D eigenvalue weighted by atomic mass is 9.96. The lowest BCUT2D eigenvalue weighted by molar-refractivity contribution is 0.580. The second-order valence-electron chi connectivity index (χ2n) is 6.95.